The maximum Gasteiger partial charge on any atom is 0.303 e. The molecule has 2 aromatic carbocycles. The summed E-state index contributed by atoms with van der Waals surface area (Å²) in [5.74, 6) is -2.78. The Kier molecular flexibility index (Phi) is 7.76. The fraction of sp³-hybridized carbons (Fsp3) is 0.500. The van der Waals surface area contributed by atoms with Gasteiger partial charge in [-0.25, -0.2) is 14.4 Å². The highest BCUT2D eigenvalue weighted by Crippen LogP contribution is 2.42. The molecule has 10 heteroatoms. The average Bonchev–Trinajstić information content (AvgIpc) is 3.38. The molecule has 0 spiro atoms. The number of benzene rings is 2. The average molecular weight is 534 g/mol. The molecule has 38 heavy (non-hydrogen) atoms. The SMILES string of the molecule is COc1cc2nc(C)nc(N[C@H](C)c3cccc(C(F)(F)C(C)(C)O)c3F)c2cc1OC(C)[C@H]1CCOC1. The fourth-order valence-electron chi connectivity index (χ4n) is 4.57. The monoisotopic (exact) mass is 533 g/mol. The van der Waals surface area contributed by atoms with Gasteiger partial charge in [0.25, 0.3) is 0 Å². The summed E-state index contributed by atoms with van der Waals surface area (Å²) in [6, 6.07) is 6.53. The zero-order valence-corrected chi connectivity index (χ0v) is 22.4. The number of hydrogen-bond donors (Lipinski definition) is 2. The molecule has 2 heterocycles. The second-order valence-corrected chi connectivity index (χ2v) is 10.3. The van der Waals surface area contributed by atoms with Crippen LogP contribution in [-0.4, -0.2) is 47.1 Å². The van der Waals surface area contributed by atoms with Crippen molar-refractivity contribution >= 4 is 16.7 Å². The van der Waals surface area contributed by atoms with Crippen LogP contribution in [0.3, 0.4) is 0 Å². The van der Waals surface area contributed by atoms with E-state index in [2.05, 4.69) is 15.3 Å². The molecule has 0 bridgehead atoms. The number of aromatic nitrogens is 2. The standard InChI is InChI=1S/C28H34F3N3O4/c1-15(19-8-7-9-21(25(19)29)28(30,31)27(4,5)35)32-26-20-12-24(38-16(2)18-10-11-37-14-18)23(36-6)13-22(20)33-17(3)34-26/h7-9,12-13,15-16,18,35H,10-11,14H2,1-6H3,(H,32,33,34)/t15-,16?,18+/m1/s1. The zero-order chi connectivity index (χ0) is 27.8. The van der Waals surface area contributed by atoms with Gasteiger partial charge in [-0.3, -0.25) is 0 Å². The minimum absolute atomic E-state index is 0.00989. The minimum atomic E-state index is -3.80. The Labute approximate surface area is 220 Å². The Morgan fingerprint density at radius 3 is 2.53 bits per heavy atom. The van der Waals surface area contributed by atoms with E-state index in [0.717, 1.165) is 26.3 Å². The number of halogens is 3. The highest BCUT2D eigenvalue weighted by molar-refractivity contribution is 5.92. The fourth-order valence-corrected chi connectivity index (χ4v) is 4.57. The van der Waals surface area contributed by atoms with Gasteiger partial charge in [-0.2, -0.15) is 8.78 Å². The second-order valence-electron chi connectivity index (χ2n) is 10.3. The third kappa shape index (κ3) is 5.37. The van der Waals surface area contributed by atoms with Crippen LogP contribution in [0.15, 0.2) is 30.3 Å². The summed E-state index contributed by atoms with van der Waals surface area (Å²) in [6.07, 6.45) is 0.778. The molecule has 1 fully saturated rings. The normalized spacial score (nSPS) is 17.9. The van der Waals surface area contributed by atoms with Gasteiger partial charge in [0.1, 0.15) is 29.2 Å². The number of aryl methyl sites for hydroxylation is 1. The number of alkyl halides is 2. The number of nitrogens with one attached hydrogen (secondary N) is 1. The molecule has 4 rings (SSSR count). The topological polar surface area (TPSA) is 85.7 Å². The summed E-state index contributed by atoms with van der Waals surface area (Å²) in [4.78, 5) is 9.02. The molecule has 1 saturated heterocycles. The largest absolute Gasteiger partial charge is 0.493 e. The maximum atomic E-state index is 15.4. The Morgan fingerprint density at radius 2 is 1.89 bits per heavy atom. The summed E-state index contributed by atoms with van der Waals surface area (Å²) in [7, 11) is 1.55. The van der Waals surface area contributed by atoms with Crippen LogP contribution in [0, 0.1) is 18.7 Å². The van der Waals surface area contributed by atoms with Crippen LogP contribution in [0.1, 0.15) is 57.1 Å². The molecule has 0 amide bonds. The first-order valence-corrected chi connectivity index (χ1v) is 12.6. The van der Waals surface area contributed by atoms with Gasteiger partial charge in [-0.15, -0.1) is 0 Å². The lowest BCUT2D eigenvalue weighted by Crippen LogP contribution is -2.41. The van der Waals surface area contributed by atoms with Crippen LogP contribution in [0.25, 0.3) is 10.9 Å². The number of nitrogens with zero attached hydrogens (tertiary/aromatic N) is 2. The molecule has 0 radical (unpaired) electrons. The molecule has 7 nitrogen and oxygen atoms in total. The highest BCUT2D eigenvalue weighted by atomic mass is 19.3. The smallest absolute Gasteiger partial charge is 0.303 e. The number of methoxy groups -OCH3 is 1. The van der Waals surface area contributed by atoms with Gasteiger partial charge in [0, 0.05) is 29.5 Å². The van der Waals surface area contributed by atoms with E-state index in [-0.39, 0.29) is 17.6 Å². The van der Waals surface area contributed by atoms with Crippen molar-refractivity contribution in [3.63, 3.8) is 0 Å². The van der Waals surface area contributed by atoms with Crippen LogP contribution in [0.2, 0.25) is 0 Å². The van der Waals surface area contributed by atoms with Crippen molar-refractivity contribution in [2.45, 2.75) is 64.7 Å². The Bertz CT molecular complexity index is 1310. The van der Waals surface area contributed by atoms with Crippen molar-refractivity contribution in [1.29, 1.82) is 0 Å². The molecule has 0 saturated carbocycles. The maximum absolute atomic E-state index is 15.4. The summed E-state index contributed by atoms with van der Waals surface area (Å²) < 4.78 is 62.3. The van der Waals surface area contributed by atoms with E-state index in [9.17, 15) is 13.9 Å². The van der Waals surface area contributed by atoms with Crippen molar-refractivity contribution in [2.24, 2.45) is 5.92 Å². The Morgan fingerprint density at radius 1 is 1.16 bits per heavy atom. The van der Waals surface area contributed by atoms with Crippen LogP contribution in [-0.2, 0) is 10.7 Å². The van der Waals surface area contributed by atoms with Crippen molar-refractivity contribution in [3.8, 4) is 11.5 Å². The first kappa shape index (κ1) is 27.9. The predicted molar refractivity (Wildman–Crippen MR) is 138 cm³/mol. The van der Waals surface area contributed by atoms with Crippen LogP contribution in [0.5, 0.6) is 11.5 Å². The summed E-state index contributed by atoms with van der Waals surface area (Å²) in [6.45, 7) is 8.58. The van der Waals surface area contributed by atoms with Gasteiger partial charge in [0.15, 0.2) is 11.5 Å². The summed E-state index contributed by atoms with van der Waals surface area (Å²) in [5.41, 5.74) is -2.72. The van der Waals surface area contributed by atoms with Gasteiger partial charge < -0.3 is 24.6 Å². The second kappa shape index (κ2) is 10.6. The summed E-state index contributed by atoms with van der Waals surface area (Å²) in [5, 5.41) is 13.7. The number of anilines is 1. The Balaban J connectivity index is 1.71. The molecule has 0 aliphatic carbocycles. The molecular formula is C28H34F3N3O4. The molecule has 3 atom stereocenters. The zero-order valence-electron chi connectivity index (χ0n) is 22.4. The molecule has 3 aromatic rings. The molecule has 1 aliphatic heterocycles. The van der Waals surface area contributed by atoms with Gasteiger partial charge in [-0.05, 0) is 53.2 Å². The van der Waals surface area contributed by atoms with Crippen molar-refractivity contribution in [2.75, 3.05) is 25.6 Å². The van der Waals surface area contributed by atoms with Crippen molar-refractivity contribution < 1.29 is 32.5 Å². The molecule has 206 valence electrons. The van der Waals surface area contributed by atoms with E-state index in [1.807, 2.05) is 6.92 Å². The van der Waals surface area contributed by atoms with Gasteiger partial charge in [-0.1, -0.05) is 12.1 Å². The van der Waals surface area contributed by atoms with Crippen LogP contribution in [0.4, 0.5) is 19.0 Å². The number of ether oxygens (including phenoxy) is 3. The number of aliphatic hydroxyl groups is 1. The van der Waals surface area contributed by atoms with Crippen LogP contribution >= 0.6 is 0 Å². The highest BCUT2D eigenvalue weighted by Gasteiger charge is 2.49. The summed E-state index contributed by atoms with van der Waals surface area (Å²) >= 11 is 0. The first-order valence-electron chi connectivity index (χ1n) is 12.6. The van der Waals surface area contributed by atoms with Gasteiger partial charge in [0.05, 0.1) is 30.8 Å². The van der Waals surface area contributed by atoms with E-state index in [1.165, 1.54) is 12.1 Å². The number of hydrogen-bond acceptors (Lipinski definition) is 7. The molecule has 1 unspecified atom stereocenters. The molecule has 1 aromatic heterocycles. The molecular weight excluding hydrogens is 499 g/mol. The molecule has 1 aliphatic rings. The Hall–Kier alpha value is -3.11. The predicted octanol–water partition coefficient (Wildman–Crippen LogP) is 5.93. The molecule has 2 N–H and O–H groups in total. The van der Waals surface area contributed by atoms with Crippen molar-refractivity contribution in [3.05, 3.63) is 53.1 Å². The van der Waals surface area contributed by atoms with E-state index >= 15 is 4.39 Å². The lowest BCUT2D eigenvalue weighted by atomic mass is 9.91. The lowest BCUT2D eigenvalue weighted by Gasteiger charge is -2.30. The lowest BCUT2D eigenvalue weighted by molar-refractivity contribution is -0.170. The van der Waals surface area contributed by atoms with E-state index in [0.29, 0.717) is 47.3 Å². The third-order valence-corrected chi connectivity index (χ3v) is 6.99. The van der Waals surface area contributed by atoms with Gasteiger partial charge >= 0.3 is 5.92 Å². The van der Waals surface area contributed by atoms with Crippen LogP contribution < -0.4 is 14.8 Å². The van der Waals surface area contributed by atoms with Gasteiger partial charge in [0.2, 0.25) is 0 Å². The first-order chi connectivity index (χ1) is 17.8. The third-order valence-electron chi connectivity index (χ3n) is 6.99. The van der Waals surface area contributed by atoms with E-state index < -0.39 is 28.9 Å². The quantitative estimate of drug-likeness (QED) is 0.353. The van der Waals surface area contributed by atoms with Crippen molar-refractivity contribution in [1.82, 2.24) is 9.97 Å². The van der Waals surface area contributed by atoms with E-state index in [4.69, 9.17) is 14.2 Å². The van der Waals surface area contributed by atoms with E-state index in [1.54, 1.807) is 33.1 Å². The minimum Gasteiger partial charge on any atom is -0.493 e. The number of fused-ring (bicyclic) bond motifs is 1. The number of rotatable bonds is 9.